The Balaban J connectivity index is 1.74. The lowest BCUT2D eigenvalue weighted by atomic mass is 9.93. The molecule has 1 amide bonds. The maximum atomic E-state index is 13.1. The molecule has 1 aliphatic heterocycles. The number of rotatable bonds is 13. The highest BCUT2D eigenvalue weighted by atomic mass is 16.7. The van der Waals surface area contributed by atoms with Gasteiger partial charge in [-0.1, -0.05) is 25.0 Å². The van der Waals surface area contributed by atoms with Crippen LogP contribution in [0.5, 0.6) is 0 Å². The van der Waals surface area contributed by atoms with Gasteiger partial charge in [-0.25, -0.2) is 0 Å². The topological polar surface area (TPSA) is 118 Å². The number of benzene rings is 1. The minimum Gasteiger partial charge on any atom is -0.464 e. The predicted octanol–water partition coefficient (Wildman–Crippen LogP) is 2.96. The Morgan fingerprint density at radius 2 is 1.82 bits per heavy atom. The third-order valence-electron chi connectivity index (χ3n) is 5.61. The third-order valence-corrected chi connectivity index (χ3v) is 5.61. The van der Waals surface area contributed by atoms with Crippen molar-refractivity contribution in [2.75, 3.05) is 26.4 Å². The van der Waals surface area contributed by atoms with Crippen LogP contribution in [0.3, 0.4) is 0 Å². The van der Waals surface area contributed by atoms with Gasteiger partial charge in [0, 0.05) is 37.7 Å². The molecule has 3 N–H and O–H groups in total. The number of hydrogen-bond donors (Lipinski definition) is 3. The number of aliphatic hydroxyl groups excluding tert-OH is 2. The number of ether oxygens (including phenoxy) is 2. The van der Waals surface area contributed by atoms with Crippen LogP contribution in [0.15, 0.2) is 51.6 Å². The first kappa shape index (κ1) is 25.0. The summed E-state index contributed by atoms with van der Waals surface area (Å²) in [6, 6.07) is 7.06. The SMILES string of the molecule is O=C(NCCCCCCO)C1=C[C@@H](c2coc3ccccc3c2=O)C[C@@H](OCCCCO)O1. The van der Waals surface area contributed by atoms with Crippen LogP contribution in [-0.4, -0.2) is 48.8 Å². The summed E-state index contributed by atoms with van der Waals surface area (Å²) < 4.78 is 17.3. The van der Waals surface area contributed by atoms with E-state index in [1.807, 2.05) is 6.07 Å². The van der Waals surface area contributed by atoms with E-state index in [4.69, 9.17) is 24.1 Å². The number of hydrogen-bond acceptors (Lipinski definition) is 7. The lowest BCUT2D eigenvalue weighted by molar-refractivity contribution is -0.146. The molecular formula is C25H33NO7. The molecule has 0 radical (unpaired) electrons. The molecule has 0 saturated heterocycles. The fourth-order valence-corrected chi connectivity index (χ4v) is 3.79. The van der Waals surface area contributed by atoms with E-state index in [1.165, 1.54) is 6.26 Å². The molecular weight excluding hydrogens is 426 g/mol. The first-order valence-corrected chi connectivity index (χ1v) is 11.6. The number of nitrogens with one attached hydrogen (secondary N) is 1. The van der Waals surface area contributed by atoms with Gasteiger partial charge >= 0.3 is 0 Å². The van der Waals surface area contributed by atoms with Crippen molar-refractivity contribution in [2.24, 2.45) is 0 Å². The number of carbonyl (C=O) groups is 1. The van der Waals surface area contributed by atoms with Crippen LogP contribution in [-0.2, 0) is 14.3 Å². The van der Waals surface area contributed by atoms with Gasteiger partial charge in [-0.2, -0.15) is 0 Å². The van der Waals surface area contributed by atoms with Crippen molar-refractivity contribution in [1.82, 2.24) is 5.32 Å². The zero-order valence-electron chi connectivity index (χ0n) is 18.8. The highest BCUT2D eigenvalue weighted by Gasteiger charge is 2.30. The molecule has 0 bridgehead atoms. The fourth-order valence-electron chi connectivity index (χ4n) is 3.79. The summed E-state index contributed by atoms with van der Waals surface area (Å²) in [5.41, 5.74) is 0.830. The average Bonchev–Trinajstić information content (AvgIpc) is 2.84. The summed E-state index contributed by atoms with van der Waals surface area (Å²) in [5, 5.41) is 21.2. The maximum absolute atomic E-state index is 13.1. The van der Waals surface area contributed by atoms with E-state index >= 15 is 0 Å². The summed E-state index contributed by atoms with van der Waals surface area (Å²) in [6.07, 6.45) is 7.47. The molecule has 1 aromatic heterocycles. The molecule has 2 heterocycles. The Hall–Kier alpha value is -2.68. The number of allylic oxidation sites excluding steroid dienone is 1. The highest BCUT2D eigenvalue weighted by Crippen LogP contribution is 2.31. The van der Waals surface area contributed by atoms with E-state index in [2.05, 4.69) is 5.32 Å². The molecule has 0 spiro atoms. The van der Waals surface area contributed by atoms with Gasteiger partial charge in [0.1, 0.15) is 5.58 Å². The van der Waals surface area contributed by atoms with Gasteiger partial charge in [0.2, 0.25) is 6.29 Å². The van der Waals surface area contributed by atoms with Crippen molar-refractivity contribution in [1.29, 1.82) is 0 Å². The summed E-state index contributed by atoms with van der Waals surface area (Å²) in [4.78, 5) is 25.8. The lowest BCUT2D eigenvalue weighted by Crippen LogP contribution is -2.34. The maximum Gasteiger partial charge on any atom is 0.286 e. The van der Waals surface area contributed by atoms with Gasteiger partial charge in [-0.05, 0) is 43.9 Å². The van der Waals surface area contributed by atoms with Crippen LogP contribution in [0.1, 0.15) is 56.4 Å². The summed E-state index contributed by atoms with van der Waals surface area (Å²) in [5.74, 6) is -0.620. The molecule has 0 fully saturated rings. The third kappa shape index (κ3) is 7.15. The number of para-hydroxylation sites is 1. The van der Waals surface area contributed by atoms with Crippen molar-refractivity contribution < 1.29 is 28.9 Å². The number of amides is 1. The summed E-state index contributed by atoms with van der Waals surface area (Å²) in [7, 11) is 0. The van der Waals surface area contributed by atoms with Gasteiger partial charge in [-0.15, -0.1) is 0 Å². The van der Waals surface area contributed by atoms with Gasteiger partial charge in [0.15, 0.2) is 11.2 Å². The van der Waals surface area contributed by atoms with E-state index in [0.717, 1.165) is 25.7 Å². The highest BCUT2D eigenvalue weighted by molar-refractivity contribution is 5.91. The van der Waals surface area contributed by atoms with Crippen LogP contribution in [0.2, 0.25) is 0 Å². The lowest BCUT2D eigenvalue weighted by Gasteiger charge is -2.29. The first-order valence-electron chi connectivity index (χ1n) is 11.6. The molecule has 8 nitrogen and oxygen atoms in total. The molecule has 1 aliphatic rings. The largest absolute Gasteiger partial charge is 0.464 e. The van der Waals surface area contributed by atoms with Crippen LogP contribution >= 0.6 is 0 Å². The molecule has 8 heteroatoms. The van der Waals surface area contributed by atoms with E-state index in [9.17, 15) is 9.59 Å². The standard InChI is InChI=1S/C25H33NO7/c27-12-6-2-1-5-11-26-25(30)22-15-18(16-23(33-22)31-14-8-7-13-28)20-17-32-21-10-4-3-9-19(21)24(20)29/h3-4,9-10,15,17-18,23,27-28H,1-2,5-8,11-14,16H2,(H,26,30)/t18-,23+/m1/s1. The van der Waals surface area contributed by atoms with Crippen LogP contribution in [0.25, 0.3) is 11.0 Å². The Morgan fingerprint density at radius 3 is 2.64 bits per heavy atom. The normalized spacial score (nSPS) is 18.1. The second-order valence-electron chi connectivity index (χ2n) is 8.13. The zero-order chi connectivity index (χ0) is 23.5. The molecule has 1 aromatic carbocycles. The molecule has 0 aliphatic carbocycles. The van der Waals surface area contributed by atoms with Crippen molar-refractivity contribution in [2.45, 2.75) is 57.2 Å². The number of carbonyl (C=O) groups excluding carboxylic acids is 1. The summed E-state index contributed by atoms with van der Waals surface area (Å²) >= 11 is 0. The quantitative estimate of drug-likeness (QED) is 0.394. The smallest absolute Gasteiger partial charge is 0.286 e. The zero-order valence-corrected chi connectivity index (χ0v) is 18.8. The van der Waals surface area contributed by atoms with Crippen molar-refractivity contribution in [3.8, 4) is 0 Å². The van der Waals surface area contributed by atoms with E-state index in [-0.39, 0.29) is 30.3 Å². The van der Waals surface area contributed by atoms with E-state index < -0.39 is 12.2 Å². The van der Waals surface area contributed by atoms with Gasteiger partial charge in [0.05, 0.1) is 18.3 Å². The van der Waals surface area contributed by atoms with Crippen molar-refractivity contribution in [3.05, 3.63) is 58.2 Å². The Morgan fingerprint density at radius 1 is 1.06 bits per heavy atom. The van der Waals surface area contributed by atoms with Crippen LogP contribution in [0.4, 0.5) is 0 Å². The minimum atomic E-state index is -0.685. The van der Waals surface area contributed by atoms with Crippen LogP contribution in [0, 0.1) is 0 Å². The van der Waals surface area contributed by atoms with Crippen molar-refractivity contribution in [3.63, 3.8) is 0 Å². The molecule has 0 saturated carbocycles. The van der Waals surface area contributed by atoms with Gasteiger partial charge in [0.25, 0.3) is 5.91 Å². The molecule has 180 valence electrons. The first-order chi connectivity index (χ1) is 16.1. The number of unbranched alkanes of at least 4 members (excludes halogenated alkanes) is 4. The fraction of sp³-hybridized carbons (Fsp3) is 0.520. The summed E-state index contributed by atoms with van der Waals surface area (Å²) in [6.45, 7) is 1.14. The average molecular weight is 460 g/mol. The van der Waals surface area contributed by atoms with Crippen LogP contribution < -0.4 is 10.7 Å². The Labute approximate surface area is 193 Å². The Bertz CT molecular complexity index is 984. The number of fused-ring (bicyclic) bond motifs is 1. The predicted molar refractivity (Wildman–Crippen MR) is 124 cm³/mol. The second-order valence-corrected chi connectivity index (χ2v) is 8.13. The monoisotopic (exact) mass is 459 g/mol. The molecule has 33 heavy (non-hydrogen) atoms. The van der Waals surface area contributed by atoms with Crippen molar-refractivity contribution >= 4 is 16.9 Å². The van der Waals surface area contributed by atoms with E-state index in [1.54, 1.807) is 24.3 Å². The molecule has 2 aromatic rings. The molecule has 2 atom stereocenters. The molecule has 3 rings (SSSR count). The number of aliphatic hydroxyl groups is 2. The van der Waals surface area contributed by atoms with Gasteiger partial charge < -0.3 is 29.4 Å². The van der Waals surface area contributed by atoms with Gasteiger partial charge in [-0.3, -0.25) is 9.59 Å². The van der Waals surface area contributed by atoms with E-state index in [0.29, 0.717) is 48.9 Å². The Kier molecular flexibility index (Phi) is 9.93. The molecule has 0 unspecified atom stereocenters. The second kappa shape index (κ2) is 13.1. The minimum absolute atomic E-state index is 0.0848.